The first-order valence-electron chi connectivity index (χ1n) is 8.97. The minimum atomic E-state index is 0.622. The number of nitrogens with zero attached hydrogens (tertiary/aromatic N) is 2. The van der Waals surface area contributed by atoms with E-state index in [0.717, 1.165) is 18.5 Å². The first-order valence-corrected chi connectivity index (χ1v) is 8.97. The van der Waals surface area contributed by atoms with Gasteiger partial charge in [-0.25, -0.2) is 0 Å². The van der Waals surface area contributed by atoms with E-state index in [-0.39, 0.29) is 0 Å². The highest BCUT2D eigenvalue weighted by molar-refractivity contribution is 5.24. The van der Waals surface area contributed by atoms with Gasteiger partial charge in [0.1, 0.15) is 0 Å². The van der Waals surface area contributed by atoms with Crippen molar-refractivity contribution in [2.45, 2.75) is 59.0 Å². The highest BCUT2D eigenvalue weighted by Gasteiger charge is 2.22. The van der Waals surface area contributed by atoms with Crippen LogP contribution in [0.15, 0.2) is 24.3 Å². The zero-order chi connectivity index (χ0) is 16.1. The molecule has 0 amide bonds. The fraction of sp³-hybridized carbons (Fsp3) is 0.700. The lowest BCUT2D eigenvalue weighted by Crippen LogP contribution is -2.44. The first-order chi connectivity index (χ1) is 10.5. The molecule has 1 aliphatic rings. The van der Waals surface area contributed by atoms with E-state index in [1.165, 1.54) is 43.6 Å². The lowest BCUT2D eigenvalue weighted by atomic mass is 10.00. The maximum Gasteiger partial charge on any atom is 0.0233 e. The summed E-state index contributed by atoms with van der Waals surface area (Å²) in [5, 5.41) is 0. The third kappa shape index (κ3) is 5.10. The molecule has 2 heteroatoms. The fourth-order valence-corrected chi connectivity index (χ4v) is 3.48. The molecule has 0 radical (unpaired) electrons. The van der Waals surface area contributed by atoms with E-state index in [1.54, 1.807) is 0 Å². The van der Waals surface area contributed by atoms with Crippen LogP contribution in [0.2, 0.25) is 0 Å². The van der Waals surface area contributed by atoms with Gasteiger partial charge in [-0.3, -0.25) is 4.90 Å². The molecule has 124 valence electrons. The van der Waals surface area contributed by atoms with E-state index in [2.05, 4.69) is 68.8 Å². The molecular weight excluding hydrogens is 268 g/mol. The quantitative estimate of drug-likeness (QED) is 0.770. The largest absolute Gasteiger partial charge is 0.303 e. The summed E-state index contributed by atoms with van der Waals surface area (Å²) < 4.78 is 0. The van der Waals surface area contributed by atoms with Gasteiger partial charge in [0.05, 0.1) is 0 Å². The van der Waals surface area contributed by atoms with Crippen LogP contribution in [-0.4, -0.2) is 42.5 Å². The van der Waals surface area contributed by atoms with Crippen LogP contribution in [0.4, 0.5) is 0 Å². The van der Waals surface area contributed by atoms with E-state index in [4.69, 9.17) is 0 Å². The van der Waals surface area contributed by atoms with Crippen LogP contribution in [0.1, 0.15) is 57.6 Å². The smallest absolute Gasteiger partial charge is 0.0233 e. The van der Waals surface area contributed by atoms with Gasteiger partial charge in [0.2, 0.25) is 0 Å². The molecule has 0 bridgehead atoms. The average molecular weight is 303 g/mol. The number of likely N-dealkylation sites (tertiary alicyclic amines) is 1. The van der Waals surface area contributed by atoms with Crippen molar-refractivity contribution in [2.75, 3.05) is 26.7 Å². The predicted octanol–water partition coefficient (Wildman–Crippen LogP) is 4.36. The average Bonchev–Trinajstić information content (AvgIpc) is 2.48. The van der Waals surface area contributed by atoms with Crippen LogP contribution in [-0.2, 0) is 6.54 Å². The summed E-state index contributed by atoms with van der Waals surface area (Å²) in [6.07, 6.45) is 2.63. The molecule has 1 aliphatic heterocycles. The van der Waals surface area contributed by atoms with Gasteiger partial charge in [-0.05, 0) is 55.9 Å². The highest BCUT2D eigenvalue weighted by Crippen LogP contribution is 2.20. The standard InChI is InChI=1S/C20H34N2/c1-16(2)14-22-12-10-20(11-13-22)21(5)15-18-6-8-19(9-7-18)17(3)4/h6-9,16-17,20H,10-15H2,1-5H3. The van der Waals surface area contributed by atoms with E-state index in [1.807, 2.05) is 0 Å². The van der Waals surface area contributed by atoms with Gasteiger partial charge in [-0.1, -0.05) is 52.0 Å². The number of piperidine rings is 1. The summed E-state index contributed by atoms with van der Waals surface area (Å²) >= 11 is 0. The minimum Gasteiger partial charge on any atom is -0.303 e. The topological polar surface area (TPSA) is 6.48 Å². The van der Waals surface area contributed by atoms with Crippen molar-refractivity contribution in [1.29, 1.82) is 0 Å². The normalized spacial score (nSPS) is 17.8. The van der Waals surface area contributed by atoms with Crippen molar-refractivity contribution in [3.05, 3.63) is 35.4 Å². The Morgan fingerprint density at radius 2 is 1.64 bits per heavy atom. The Morgan fingerprint density at radius 1 is 1.05 bits per heavy atom. The first kappa shape index (κ1) is 17.5. The molecule has 0 atom stereocenters. The Hall–Kier alpha value is -0.860. The third-order valence-electron chi connectivity index (χ3n) is 4.88. The van der Waals surface area contributed by atoms with Crippen molar-refractivity contribution in [3.63, 3.8) is 0 Å². The lowest BCUT2D eigenvalue weighted by molar-refractivity contribution is 0.115. The van der Waals surface area contributed by atoms with Gasteiger partial charge < -0.3 is 4.90 Å². The molecule has 0 aliphatic carbocycles. The molecule has 22 heavy (non-hydrogen) atoms. The van der Waals surface area contributed by atoms with Gasteiger partial charge in [0.25, 0.3) is 0 Å². The molecule has 1 fully saturated rings. The molecule has 0 aromatic heterocycles. The molecule has 1 saturated heterocycles. The van der Waals surface area contributed by atoms with Crippen molar-refractivity contribution < 1.29 is 0 Å². The van der Waals surface area contributed by atoms with Crippen LogP contribution < -0.4 is 0 Å². The molecule has 0 N–H and O–H groups in total. The molecule has 1 aromatic rings. The fourth-order valence-electron chi connectivity index (χ4n) is 3.48. The van der Waals surface area contributed by atoms with E-state index < -0.39 is 0 Å². The van der Waals surface area contributed by atoms with Gasteiger partial charge in [0.15, 0.2) is 0 Å². The van der Waals surface area contributed by atoms with Gasteiger partial charge in [-0.15, -0.1) is 0 Å². The number of hydrogen-bond acceptors (Lipinski definition) is 2. The minimum absolute atomic E-state index is 0.622. The predicted molar refractivity (Wildman–Crippen MR) is 96.3 cm³/mol. The second-order valence-electron chi connectivity index (χ2n) is 7.74. The number of rotatable bonds is 6. The van der Waals surface area contributed by atoms with Crippen molar-refractivity contribution in [3.8, 4) is 0 Å². The summed E-state index contributed by atoms with van der Waals surface area (Å²) in [6, 6.07) is 9.94. The van der Waals surface area contributed by atoms with E-state index >= 15 is 0 Å². The highest BCUT2D eigenvalue weighted by atomic mass is 15.2. The summed E-state index contributed by atoms with van der Waals surface area (Å²) in [6.45, 7) is 14.0. The maximum atomic E-state index is 2.63. The molecule has 1 heterocycles. The molecule has 0 saturated carbocycles. The maximum absolute atomic E-state index is 2.63. The Balaban J connectivity index is 1.81. The summed E-state index contributed by atoms with van der Waals surface area (Å²) in [5.74, 6) is 1.41. The number of benzene rings is 1. The van der Waals surface area contributed by atoms with Gasteiger partial charge in [0, 0.05) is 19.1 Å². The van der Waals surface area contributed by atoms with Crippen molar-refractivity contribution in [1.82, 2.24) is 9.80 Å². The Bertz CT molecular complexity index is 428. The zero-order valence-corrected chi connectivity index (χ0v) is 15.2. The molecule has 1 aromatic carbocycles. The SMILES string of the molecule is CC(C)CN1CCC(N(C)Cc2ccc(C(C)C)cc2)CC1. The van der Waals surface area contributed by atoms with Gasteiger partial charge in [-0.2, -0.15) is 0 Å². The molecule has 2 rings (SSSR count). The van der Waals surface area contributed by atoms with Gasteiger partial charge >= 0.3 is 0 Å². The molecule has 0 unspecified atom stereocenters. The second-order valence-corrected chi connectivity index (χ2v) is 7.74. The van der Waals surface area contributed by atoms with Crippen LogP contribution >= 0.6 is 0 Å². The Labute approximate surface area is 137 Å². The van der Waals surface area contributed by atoms with E-state index in [0.29, 0.717) is 5.92 Å². The Kier molecular flexibility index (Phi) is 6.46. The van der Waals surface area contributed by atoms with Crippen LogP contribution in [0.25, 0.3) is 0 Å². The molecular formula is C20H34N2. The van der Waals surface area contributed by atoms with E-state index in [9.17, 15) is 0 Å². The third-order valence-corrected chi connectivity index (χ3v) is 4.88. The zero-order valence-electron chi connectivity index (χ0n) is 15.2. The Morgan fingerprint density at radius 3 is 2.14 bits per heavy atom. The summed E-state index contributed by atoms with van der Waals surface area (Å²) in [7, 11) is 2.29. The monoisotopic (exact) mass is 302 g/mol. The van der Waals surface area contributed by atoms with Crippen LogP contribution in [0.3, 0.4) is 0 Å². The lowest BCUT2D eigenvalue weighted by Gasteiger charge is -2.37. The molecule has 2 nitrogen and oxygen atoms in total. The van der Waals surface area contributed by atoms with Crippen LogP contribution in [0.5, 0.6) is 0 Å². The number of hydrogen-bond donors (Lipinski definition) is 0. The second kappa shape index (κ2) is 8.12. The van der Waals surface area contributed by atoms with Crippen LogP contribution in [0, 0.1) is 5.92 Å². The summed E-state index contributed by atoms with van der Waals surface area (Å²) in [5.41, 5.74) is 2.88. The van der Waals surface area contributed by atoms with Crippen molar-refractivity contribution in [2.24, 2.45) is 5.92 Å². The van der Waals surface area contributed by atoms with Crippen molar-refractivity contribution >= 4 is 0 Å². The summed E-state index contributed by atoms with van der Waals surface area (Å²) in [4.78, 5) is 5.18. The molecule has 0 spiro atoms.